The molecular weight excluding hydrogens is 322 g/mol. The lowest BCUT2D eigenvalue weighted by molar-refractivity contribution is -0.132. The van der Waals surface area contributed by atoms with Crippen LogP contribution in [0.1, 0.15) is 13.3 Å². The van der Waals surface area contributed by atoms with Crippen molar-refractivity contribution in [2.75, 3.05) is 24.6 Å². The van der Waals surface area contributed by atoms with Crippen molar-refractivity contribution in [3.05, 3.63) is 12.4 Å². The van der Waals surface area contributed by atoms with Crippen molar-refractivity contribution >= 4 is 29.9 Å². The molecule has 0 aliphatic carbocycles. The van der Waals surface area contributed by atoms with Gasteiger partial charge in [0.05, 0.1) is 24.6 Å². The SMILES string of the molecule is C[C@H]1OCCN[C@@H]1C(=O)NC1CCN(c2cnn(C)c2)C1=O.Cl. The van der Waals surface area contributed by atoms with Gasteiger partial charge in [-0.1, -0.05) is 0 Å². The Labute approximate surface area is 140 Å². The largest absolute Gasteiger partial charge is 0.375 e. The van der Waals surface area contributed by atoms with Gasteiger partial charge in [0.1, 0.15) is 12.1 Å². The first-order valence-corrected chi connectivity index (χ1v) is 7.51. The monoisotopic (exact) mass is 343 g/mol. The maximum atomic E-state index is 12.4. The minimum Gasteiger partial charge on any atom is -0.375 e. The van der Waals surface area contributed by atoms with Gasteiger partial charge >= 0.3 is 0 Å². The topological polar surface area (TPSA) is 88.5 Å². The zero-order valence-corrected chi connectivity index (χ0v) is 14.0. The Morgan fingerprint density at radius 3 is 2.96 bits per heavy atom. The van der Waals surface area contributed by atoms with E-state index in [4.69, 9.17) is 4.74 Å². The molecule has 2 aliphatic heterocycles. The molecule has 2 aliphatic rings. The lowest BCUT2D eigenvalue weighted by atomic mass is 10.1. The van der Waals surface area contributed by atoms with E-state index in [0.717, 1.165) is 5.69 Å². The second-order valence-corrected chi connectivity index (χ2v) is 5.72. The number of carbonyl (C=O) groups excluding carboxylic acids is 2. The summed E-state index contributed by atoms with van der Waals surface area (Å²) in [5, 5.41) is 10.0. The fourth-order valence-electron chi connectivity index (χ4n) is 2.91. The quantitative estimate of drug-likeness (QED) is 0.768. The van der Waals surface area contributed by atoms with Crippen molar-refractivity contribution in [1.29, 1.82) is 0 Å². The summed E-state index contributed by atoms with van der Waals surface area (Å²) < 4.78 is 7.12. The summed E-state index contributed by atoms with van der Waals surface area (Å²) in [7, 11) is 1.81. The number of nitrogens with one attached hydrogen (secondary N) is 2. The van der Waals surface area contributed by atoms with Gasteiger partial charge in [-0.25, -0.2) is 0 Å². The minimum atomic E-state index is -0.483. The van der Waals surface area contributed by atoms with Crippen LogP contribution in [0.3, 0.4) is 0 Å². The highest BCUT2D eigenvalue weighted by Gasteiger charge is 2.37. The van der Waals surface area contributed by atoms with Crippen LogP contribution in [0.25, 0.3) is 0 Å². The Morgan fingerprint density at radius 1 is 1.52 bits per heavy atom. The Bertz CT molecular complexity index is 579. The van der Waals surface area contributed by atoms with Gasteiger partial charge in [-0.2, -0.15) is 5.10 Å². The fraction of sp³-hybridized carbons (Fsp3) is 0.643. The summed E-state index contributed by atoms with van der Waals surface area (Å²) in [5.74, 6) is -0.274. The third kappa shape index (κ3) is 3.65. The van der Waals surface area contributed by atoms with Crippen molar-refractivity contribution in [2.24, 2.45) is 7.05 Å². The second kappa shape index (κ2) is 7.29. The van der Waals surface area contributed by atoms with E-state index in [0.29, 0.717) is 26.1 Å². The van der Waals surface area contributed by atoms with Crippen molar-refractivity contribution < 1.29 is 14.3 Å². The summed E-state index contributed by atoms with van der Waals surface area (Å²) in [6, 6.07) is -0.891. The van der Waals surface area contributed by atoms with E-state index in [-0.39, 0.29) is 30.3 Å². The molecule has 0 bridgehead atoms. The lowest BCUT2D eigenvalue weighted by Crippen LogP contribution is -2.57. The van der Waals surface area contributed by atoms with Crippen LogP contribution in [0, 0.1) is 0 Å². The number of hydrogen-bond donors (Lipinski definition) is 2. The van der Waals surface area contributed by atoms with E-state index < -0.39 is 12.1 Å². The molecule has 2 N–H and O–H groups in total. The highest BCUT2D eigenvalue weighted by atomic mass is 35.5. The molecule has 8 nitrogen and oxygen atoms in total. The van der Waals surface area contributed by atoms with Gasteiger partial charge in [-0.3, -0.25) is 14.3 Å². The smallest absolute Gasteiger partial charge is 0.249 e. The first-order valence-electron chi connectivity index (χ1n) is 7.51. The molecule has 3 rings (SSSR count). The zero-order valence-electron chi connectivity index (χ0n) is 13.2. The molecule has 1 aromatic heterocycles. The third-order valence-electron chi connectivity index (χ3n) is 4.12. The van der Waals surface area contributed by atoms with Crippen LogP contribution in [0.4, 0.5) is 5.69 Å². The van der Waals surface area contributed by atoms with Crippen LogP contribution < -0.4 is 15.5 Å². The average molecular weight is 344 g/mol. The molecule has 2 amide bonds. The number of amides is 2. The number of anilines is 1. The first-order chi connectivity index (χ1) is 10.6. The van der Waals surface area contributed by atoms with Crippen molar-refractivity contribution in [1.82, 2.24) is 20.4 Å². The Balaban J connectivity index is 0.00000192. The third-order valence-corrected chi connectivity index (χ3v) is 4.12. The lowest BCUT2D eigenvalue weighted by Gasteiger charge is -2.30. The fourth-order valence-corrected chi connectivity index (χ4v) is 2.91. The molecule has 2 saturated heterocycles. The molecule has 3 heterocycles. The van der Waals surface area contributed by atoms with E-state index in [9.17, 15) is 9.59 Å². The van der Waals surface area contributed by atoms with Gasteiger partial charge in [0.25, 0.3) is 0 Å². The van der Waals surface area contributed by atoms with Gasteiger partial charge in [0, 0.05) is 26.3 Å². The summed E-state index contributed by atoms with van der Waals surface area (Å²) in [5.41, 5.74) is 0.761. The number of rotatable bonds is 3. The van der Waals surface area contributed by atoms with E-state index in [1.165, 1.54) is 0 Å². The van der Waals surface area contributed by atoms with Crippen LogP contribution in [0.5, 0.6) is 0 Å². The number of aryl methyl sites for hydroxylation is 1. The normalized spacial score (nSPS) is 27.7. The first kappa shape index (κ1) is 17.7. The molecule has 3 atom stereocenters. The number of aromatic nitrogens is 2. The Morgan fingerprint density at radius 2 is 2.30 bits per heavy atom. The van der Waals surface area contributed by atoms with Crippen molar-refractivity contribution in [3.8, 4) is 0 Å². The summed E-state index contributed by atoms with van der Waals surface area (Å²) in [4.78, 5) is 26.4. The van der Waals surface area contributed by atoms with Crippen LogP contribution in [0.15, 0.2) is 12.4 Å². The molecule has 2 fully saturated rings. The number of halogens is 1. The molecule has 0 aromatic carbocycles. The number of hydrogen-bond acceptors (Lipinski definition) is 5. The van der Waals surface area contributed by atoms with Gasteiger partial charge < -0.3 is 20.3 Å². The van der Waals surface area contributed by atoms with Crippen LogP contribution >= 0.6 is 12.4 Å². The van der Waals surface area contributed by atoms with Gasteiger partial charge in [0.2, 0.25) is 11.8 Å². The molecule has 1 unspecified atom stereocenters. The number of carbonyl (C=O) groups is 2. The molecule has 1 aromatic rings. The van der Waals surface area contributed by atoms with Crippen molar-refractivity contribution in [3.63, 3.8) is 0 Å². The minimum absolute atomic E-state index is 0. The number of ether oxygens (including phenoxy) is 1. The van der Waals surface area contributed by atoms with Crippen LogP contribution in [-0.4, -0.2) is 59.5 Å². The molecule has 0 saturated carbocycles. The summed E-state index contributed by atoms with van der Waals surface area (Å²) >= 11 is 0. The van der Waals surface area contributed by atoms with Crippen molar-refractivity contribution in [2.45, 2.75) is 31.5 Å². The molecule has 23 heavy (non-hydrogen) atoms. The predicted octanol–water partition coefficient (Wildman–Crippen LogP) is -0.560. The number of morpholine rings is 1. The summed E-state index contributed by atoms with van der Waals surface area (Å²) in [6.45, 7) is 3.68. The number of nitrogens with zero attached hydrogens (tertiary/aromatic N) is 3. The van der Waals surface area contributed by atoms with E-state index >= 15 is 0 Å². The van der Waals surface area contributed by atoms with E-state index in [1.54, 1.807) is 29.0 Å². The zero-order chi connectivity index (χ0) is 15.7. The van der Waals surface area contributed by atoms with E-state index in [1.807, 2.05) is 6.92 Å². The predicted molar refractivity (Wildman–Crippen MR) is 86.6 cm³/mol. The Kier molecular flexibility index (Phi) is 5.61. The standard InChI is InChI=1S/C14H21N5O3.ClH/c1-9-12(15-4-6-22-9)13(20)17-11-3-5-19(14(11)21)10-7-16-18(2)8-10;/h7-9,11-12,15H,3-6H2,1-2H3,(H,17,20);1H/t9-,11?,12+;/m1./s1. The van der Waals surface area contributed by atoms with Gasteiger partial charge in [-0.15, -0.1) is 12.4 Å². The van der Waals surface area contributed by atoms with Gasteiger partial charge in [0.15, 0.2) is 0 Å². The maximum absolute atomic E-state index is 12.4. The van der Waals surface area contributed by atoms with Crippen LogP contribution in [-0.2, 0) is 21.4 Å². The summed E-state index contributed by atoms with van der Waals surface area (Å²) in [6.07, 6.45) is 3.85. The highest BCUT2D eigenvalue weighted by molar-refractivity contribution is 6.01. The molecule has 0 spiro atoms. The van der Waals surface area contributed by atoms with Crippen LogP contribution in [0.2, 0.25) is 0 Å². The average Bonchev–Trinajstić information content (AvgIpc) is 3.06. The van der Waals surface area contributed by atoms with Gasteiger partial charge in [-0.05, 0) is 13.3 Å². The molecule has 0 radical (unpaired) electrons. The van der Waals surface area contributed by atoms with E-state index in [2.05, 4.69) is 15.7 Å². The highest BCUT2D eigenvalue weighted by Crippen LogP contribution is 2.20. The second-order valence-electron chi connectivity index (χ2n) is 5.72. The molecular formula is C14H22ClN5O3. The molecule has 128 valence electrons. The Hall–Kier alpha value is -1.64. The molecule has 9 heteroatoms. The maximum Gasteiger partial charge on any atom is 0.249 e.